The van der Waals surface area contributed by atoms with Gasteiger partial charge in [-0.25, -0.2) is 0 Å². The third kappa shape index (κ3) is 3.85. The Kier molecular flexibility index (Phi) is 4.94. The number of hydrogen-bond acceptors (Lipinski definition) is 6. The highest BCUT2D eigenvalue weighted by molar-refractivity contribution is 5.87. The zero-order valence-electron chi connectivity index (χ0n) is 14.0. The quantitative estimate of drug-likeness (QED) is 0.621. The van der Waals surface area contributed by atoms with Crippen LogP contribution in [0.4, 0.5) is 24.9 Å². The van der Waals surface area contributed by atoms with Gasteiger partial charge in [0.1, 0.15) is 5.82 Å². The Morgan fingerprint density at radius 2 is 2.00 bits per heavy atom. The summed E-state index contributed by atoms with van der Waals surface area (Å²) < 4.78 is 40.1. The molecule has 0 aliphatic heterocycles. The van der Waals surface area contributed by atoms with Crippen molar-refractivity contribution in [3.63, 3.8) is 0 Å². The highest BCUT2D eigenvalue weighted by atomic mass is 19.4. The number of rotatable bonds is 6. The van der Waals surface area contributed by atoms with E-state index in [1.165, 1.54) is 6.07 Å². The third-order valence-electron chi connectivity index (χ3n) is 3.73. The Balaban J connectivity index is 1.86. The van der Waals surface area contributed by atoms with E-state index in [4.69, 9.17) is 5.73 Å². The monoisotopic (exact) mass is 365 g/mol. The number of nitrogens with two attached hydrogens (primary N) is 1. The number of halogens is 3. The van der Waals surface area contributed by atoms with Crippen molar-refractivity contribution >= 4 is 22.8 Å². The summed E-state index contributed by atoms with van der Waals surface area (Å²) in [6, 6.07) is 5.16. The molecule has 0 unspecified atom stereocenters. The molecule has 10 heteroatoms. The SMILES string of the molecule is Cn1ncc2c(NCc3cccc(C(F)(F)F)c3)nc(NCCN)nc21. The second kappa shape index (κ2) is 7.16. The average molecular weight is 365 g/mol. The lowest BCUT2D eigenvalue weighted by atomic mass is 10.1. The standard InChI is InChI=1S/C16H18F3N7/c1-26-14-12(9-23-26)13(24-15(25-14)21-6-5-20)22-8-10-3-2-4-11(7-10)16(17,18)19/h2-4,7,9H,5-6,8,20H2,1H3,(H2,21,22,24,25). The minimum absolute atomic E-state index is 0.182. The van der Waals surface area contributed by atoms with Crippen LogP contribution in [-0.4, -0.2) is 32.8 Å². The highest BCUT2D eigenvalue weighted by Crippen LogP contribution is 2.30. The summed E-state index contributed by atoms with van der Waals surface area (Å²) in [4.78, 5) is 8.74. The Bertz CT molecular complexity index is 904. The average Bonchev–Trinajstić information content (AvgIpc) is 2.99. The molecule has 0 saturated carbocycles. The number of nitrogens with one attached hydrogen (secondary N) is 2. The van der Waals surface area contributed by atoms with E-state index in [0.717, 1.165) is 12.1 Å². The molecule has 4 N–H and O–H groups in total. The van der Waals surface area contributed by atoms with Crippen molar-refractivity contribution < 1.29 is 13.2 Å². The number of aryl methyl sites for hydroxylation is 1. The maximum Gasteiger partial charge on any atom is 0.416 e. The number of nitrogens with zero attached hydrogens (tertiary/aromatic N) is 4. The van der Waals surface area contributed by atoms with Crippen LogP contribution in [-0.2, 0) is 19.8 Å². The molecule has 0 bridgehead atoms. The van der Waals surface area contributed by atoms with Gasteiger partial charge in [-0.3, -0.25) is 4.68 Å². The first kappa shape index (κ1) is 17.9. The Morgan fingerprint density at radius 1 is 1.19 bits per heavy atom. The normalized spacial score (nSPS) is 11.7. The van der Waals surface area contributed by atoms with Gasteiger partial charge >= 0.3 is 6.18 Å². The Hall–Kier alpha value is -2.88. The topological polar surface area (TPSA) is 93.7 Å². The molecule has 138 valence electrons. The minimum Gasteiger partial charge on any atom is -0.365 e. The second-order valence-corrected chi connectivity index (χ2v) is 5.67. The number of fused-ring (bicyclic) bond motifs is 1. The van der Waals surface area contributed by atoms with E-state index < -0.39 is 11.7 Å². The third-order valence-corrected chi connectivity index (χ3v) is 3.73. The number of alkyl halides is 3. The van der Waals surface area contributed by atoms with E-state index in [1.807, 2.05) is 0 Å². The van der Waals surface area contributed by atoms with Crippen molar-refractivity contribution in [1.82, 2.24) is 19.7 Å². The molecule has 0 aliphatic carbocycles. The van der Waals surface area contributed by atoms with E-state index in [9.17, 15) is 13.2 Å². The van der Waals surface area contributed by atoms with Crippen LogP contribution < -0.4 is 16.4 Å². The maximum absolute atomic E-state index is 12.8. The summed E-state index contributed by atoms with van der Waals surface area (Å²) in [7, 11) is 1.75. The van der Waals surface area contributed by atoms with Crippen LogP contribution in [0.5, 0.6) is 0 Å². The first-order valence-corrected chi connectivity index (χ1v) is 7.92. The molecule has 2 heterocycles. The molecule has 3 aromatic rings. The molecule has 0 radical (unpaired) electrons. The van der Waals surface area contributed by atoms with Gasteiger partial charge in [-0.05, 0) is 17.7 Å². The highest BCUT2D eigenvalue weighted by Gasteiger charge is 2.30. The fourth-order valence-electron chi connectivity index (χ4n) is 2.46. The second-order valence-electron chi connectivity index (χ2n) is 5.67. The van der Waals surface area contributed by atoms with Gasteiger partial charge in [0.2, 0.25) is 5.95 Å². The summed E-state index contributed by atoms with van der Waals surface area (Å²) in [5.41, 5.74) is 5.89. The largest absolute Gasteiger partial charge is 0.416 e. The van der Waals surface area contributed by atoms with E-state index in [0.29, 0.717) is 41.5 Å². The van der Waals surface area contributed by atoms with Crippen molar-refractivity contribution in [2.24, 2.45) is 12.8 Å². The van der Waals surface area contributed by atoms with Gasteiger partial charge in [-0.1, -0.05) is 12.1 Å². The fraction of sp³-hybridized carbons (Fsp3) is 0.312. The molecule has 7 nitrogen and oxygen atoms in total. The number of hydrogen-bond donors (Lipinski definition) is 3. The molecule has 0 fully saturated rings. The van der Waals surface area contributed by atoms with E-state index in [2.05, 4.69) is 25.7 Å². The van der Waals surface area contributed by atoms with Crippen molar-refractivity contribution in [3.8, 4) is 0 Å². The molecule has 0 spiro atoms. The summed E-state index contributed by atoms with van der Waals surface area (Å²) >= 11 is 0. The molecular weight excluding hydrogens is 347 g/mol. The summed E-state index contributed by atoms with van der Waals surface area (Å²) in [5, 5.41) is 10.9. The molecule has 26 heavy (non-hydrogen) atoms. The molecule has 0 aliphatic rings. The van der Waals surface area contributed by atoms with Crippen molar-refractivity contribution in [2.75, 3.05) is 23.7 Å². The van der Waals surface area contributed by atoms with Gasteiger partial charge in [0.25, 0.3) is 0 Å². The molecule has 1 aromatic carbocycles. The van der Waals surface area contributed by atoms with Gasteiger partial charge in [0, 0.05) is 26.7 Å². The van der Waals surface area contributed by atoms with E-state index >= 15 is 0 Å². The lowest BCUT2D eigenvalue weighted by molar-refractivity contribution is -0.137. The van der Waals surface area contributed by atoms with Crippen LogP contribution in [0, 0.1) is 0 Å². The first-order valence-electron chi connectivity index (χ1n) is 7.92. The molecule has 0 atom stereocenters. The Labute approximate surface area is 147 Å². The Morgan fingerprint density at radius 3 is 2.73 bits per heavy atom. The zero-order valence-corrected chi connectivity index (χ0v) is 14.0. The van der Waals surface area contributed by atoms with Gasteiger partial charge in [0.05, 0.1) is 17.1 Å². The zero-order chi connectivity index (χ0) is 18.7. The lowest BCUT2D eigenvalue weighted by Gasteiger charge is -2.11. The van der Waals surface area contributed by atoms with Crippen LogP contribution in [0.2, 0.25) is 0 Å². The molecule has 0 amide bonds. The van der Waals surface area contributed by atoms with Gasteiger partial charge in [0.15, 0.2) is 5.65 Å². The predicted molar refractivity (Wildman–Crippen MR) is 92.6 cm³/mol. The van der Waals surface area contributed by atoms with Crippen molar-refractivity contribution in [2.45, 2.75) is 12.7 Å². The summed E-state index contributed by atoms with van der Waals surface area (Å²) in [6.07, 6.45) is -2.77. The van der Waals surface area contributed by atoms with Crippen molar-refractivity contribution in [1.29, 1.82) is 0 Å². The summed E-state index contributed by atoms with van der Waals surface area (Å²) in [5.74, 6) is 0.859. The fourth-order valence-corrected chi connectivity index (χ4v) is 2.46. The van der Waals surface area contributed by atoms with Crippen LogP contribution in [0.1, 0.15) is 11.1 Å². The first-order chi connectivity index (χ1) is 12.4. The lowest BCUT2D eigenvalue weighted by Crippen LogP contribution is -2.16. The van der Waals surface area contributed by atoms with Gasteiger partial charge in [-0.2, -0.15) is 28.2 Å². The smallest absolute Gasteiger partial charge is 0.365 e. The van der Waals surface area contributed by atoms with E-state index in [-0.39, 0.29) is 6.54 Å². The number of benzene rings is 1. The van der Waals surface area contributed by atoms with Crippen LogP contribution in [0.15, 0.2) is 30.5 Å². The minimum atomic E-state index is -4.37. The van der Waals surface area contributed by atoms with Crippen LogP contribution in [0.3, 0.4) is 0 Å². The molecule has 0 saturated heterocycles. The van der Waals surface area contributed by atoms with Crippen molar-refractivity contribution in [3.05, 3.63) is 41.6 Å². The molecule has 3 rings (SSSR count). The summed E-state index contributed by atoms with van der Waals surface area (Å²) in [6.45, 7) is 1.09. The van der Waals surface area contributed by atoms with Gasteiger partial charge in [-0.15, -0.1) is 0 Å². The van der Waals surface area contributed by atoms with Crippen LogP contribution in [0.25, 0.3) is 11.0 Å². The van der Waals surface area contributed by atoms with E-state index in [1.54, 1.807) is 24.0 Å². The van der Waals surface area contributed by atoms with Crippen LogP contribution >= 0.6 is 0 Å². The van der Waals surface area contributed by atoms with Gasteiger partial charge < -0.3 is 16.4 Å². The number of anilines is 2. The molecular formula is C16H18F3N7. The maximum atomic E-state index is 12.8. The molecule has 2 aromatic heterocycles. The predicted octanol–water partition coefficient (Wildman–Crippen LogP) is 2.36. The number of aromatic nitrogens is 4.